The molecule has 0 aliphatic carbocycles. The molecule has 3 aliphatic rings. The normalized spacial score (nSPS) is 22.5. The maximum atomic E-state index is 6.32. The average molecular weight is 483 g/mol. The topological polar surface area (TPSA) is 92.5 Å². The summed E-state index contributed by atoms with van der Waals surface area (Å²) >= 11 is 0. The second kappa shape index (κ2) is 7.99. The molecule has 0 radical (unpaired) electrons. The highest BCUT2D eigenvalue weighted by Gasteiger charge is 2.38. The van der Waals surface area contributed by atoms with Crippen molar-refractivity contribution in [2.24, 2.45) is 0 Å². The third kappa shape index (κ3) is 3.23. The van der Waals surface area contributed by atoms with E-state index in [4.69, 9.17) is 28.8 Å². The Labute approximate surface area is 207 Å². The number of pyridine rings is 1. The lowest BCUT2D eigenvalue weighted by molar-refractivity contribution is 0.0273. The zero-order valence-electron chi connectivity index (χ0n) is 19.8. The Hall–Kier alpha value is -3.53. The van der Waals surface area contributed by atoms with Crippen molar-refractivity contribution in [2.75, 3.05) is 44.4 Å². The van der Waals surface area contributed by atoms with Crippen molar-refractivity contribution in [1.82, 2.24) is 24.8 Å². The Kier molecular flexibility index (Phi) is 4.58. The number of fused-ring (bicyclic) bond motifs is 6. The predicted molar refractivity (Wildman–Crippen MR) is 136 cm³/mol. The molecule has 0 saturated carbocycles. The number of likely N-dealkylation sites (tertiary alicyclic amines) is 1. The average Bonchev–Trinajstić information content (AvgIpc) is 3.72. The summed E-state index contributed by atoms with van der Waals surface area (Å²) in [7, 11) is 0. The maximum absolute atomic E-state index is 6.32. The summed E-state index contributed by atoms with van der Waals surface area (Å²) < 4.78 is 17.7. The minimum Gasteiger partial charge on any atom is -0.432 e. The number of aromatic amines is 1. The molecule has 3 fully saturated rings. The number of hydrogen-bond acceptors (Lipinski definition) is 8. The van der Waals surface area contributed by atoms with Crippen molar-refractivity contribution in [2.45, 2.75) is 25.1 Å². The van der Waals surface area contributed by atoms with Gasteiger partial charge in [-0.2, -0.15) is 0 Å². The van der Waals surface area contributed by atoms with E-state index in [-0.39, 0.29) is 0 Å². The fraction of sp³-hybridized carbons (Fsp3) is 0.370. The number of morpholine rings is 2. The van der Waals surface area contributed by atoms with Crippen LogP contribution in [0.25, 0.3) is 44.5 Å². The molecule has 8 rings (SSSR count). The fourth-order valence-electron chi connectivity index (χ4n) is 5.94. The van der Waals surface area contributed by atoms with Gasteiger partial charge in [0.15, 0.2) is 17.2 Å². The Morgan fingerprint density at radius 3 is 2.89 bits per heavy atom. The van der Waals surface area contributed by atoms with Gasteiger partial charge < -0.3 is 23.8 Å². The van der Waals surface area contributed by atoms with Crippen LogP contribution in [-0.2, 0) is 16.0 Å². The zero-order valence-corrected chi connectivity index (χ0v) is 19.8. The Morgan fingerprint density at radius 2 is 2.03 bits per heavy atom. The van der Waals surface area contributed by atoms with Crippen LogP contribution in [0.1, 0.15) is 12.0 Å². The lowest BCUT2D eigenvalue weighted by Gasteiger charge is -2.27. The summed E-state index contributed by atoms with van der Waals surface area (Å²) in [6.45, 7) is 5.53. The molecular formula is C27H26N6O3. The monoisotopic (exact) mass is 482 g/mol. The minimum absolute atomic E-state index is 0.379. The Bertz CT molecular complexity index is 1600. The van der Waals surface area contributed by atoms with Gasteiger partial charge in [0, 0.05) is 61.1 Å². The van der Waals surface area contributed by atoms with Gasteiger partial charge in [-0.25, -0.2) is 15.0 Å². The number of rotatable bonds is 4. The molecule has 0 unspecified atom stereocenters. The van der Waals surface area contributed by atoms with Crippen molar-refractivity contribution in [3.8, 4) is 11.4 Å². The van der Waals surface area contributed by atoms with Gasteiger partial charge in [0.25, 0.3) is 0 Å². The lowest BCUT2D eigenvalue weighted by Crippen LogP contribution is -2.37. The van der Waals surface area contributed by atoms with E-state index in [2.05, 4.69) is 39.0 Å². The lowest BCUT2D eigenvalue weighted by atomic mass is 10.1. The standard InChI is InChI=1S/C27H26N6O3/c1-2-20(19-4-5-28-22(19)3-1)25-30-23-21-10-16(13-33-14-18-11-17(33)15-35-18)12-29-27(21)36-24(23)26(31-25)32-6-8-34-9-7-32/h1-5,10,12,17-18,28H,6-9,11,13-15H2/t17-,18-/m1/s1. The molecule has 9 heteroatoms. The first-order chi connectivity index (χ1) is 17.8. The molecule has 0 spiro atoms. The van der Waals surface area contributed by atoms with Crippen LogP contribution in [-0.4, -0.2) is 76.4 Å². The van der Waals surface area contributed by atoms with Gasteiger partial charge in [-0.3, -0.25) is 4.90 Å². The van der Waals surface area contributed by atoms with Crippen molar-refractivity contribution >= 4 is 38.9 Å². The van der Waals surface area contributed by atoms with Crippen LogP contribution in [0.2, 0.25) is 0 Å². The largest absolute Gasteiger partial charge is 0.432 e. The van der Waals surface area contributed by atoms with Crippen LogP contribution >= 0.6 is 0 Å². The van der Waals surface area contributed by atoms with Gasteiger partial charge in [0.1, 0.15) is 5.52 Å². The van der Waals surface area contributed by atoms with Crippen LogP contribution in [0, 0.1) is 0 Å². The van der Waals surface area contributed by atoms with Gasteiger partial charge in [0.2, 0.25) is 5.71 Å². The van der Waals surface area contributed by atoms with Crippen molar-refractivity contribution in [1.29, 1.82) is 0 Å². The summed E-state index contributed by atoms with van der Waals surface area (Å²) in [4.78, 5) is 22.9. The predicted octanol–water partition coefficient (Wildman–Crippen LogP) is 3.73. The van der Waals surface area contributed by atoms with Crippen LogP contribution < -0.4 is 4.90 Å². The molecule has 7 heterocycles. The Balaban J connectivity index is 1.29. The van der Waals surface area contributed by atoms with E-state index in [1.54, 1.807) is 0 Å². The third-order valence-electron chi connectivity index (χ3n) is 7.76. The smallest absolute Gasteiger partial charge is 0.229 e. The second-order valence-corrected chi connectivity index (χ2v) is 9.97. The van der Waals surface area contributed by atoms with Crippen LogP contribution in [0.5, 0.6) is 0 Å². The van der Waals surface area contributed by atoms with Crippen molar-refractivity contribution < 1.29 is 13.9 Å². The number of aromatic nitrogens is 4. The number of benzene rings is 1. The number of anilines is 1. The molecule has 9 nitrogen and oxygen atoms in total. The molecule has 4 aromatic heterocycles. The third-order valence-corrected chi connectivity index (χ3v) is 7.76. The highest BCUT2D eigenvalue weighted by atomic mass is 16.5. The SMILES string of the molecule is c1cc(-c2nc(N3CCOCC3)c3oc4ncc(CN5C[C@H]6C[C@@H]5CO6)cc4c3n2)c2cc[nH]c2c1. The summed E-state index contributed by atoms with van der Waals surface area (Å²) in [5.41, 5.74) is 5.32. The molecule has 0 amide bonds. The molecule has 36 heavy (non-hydrogen) atoms. The van der Waals surface area contributed by atoms with Gasteiger partial charge >= 0.3 is 0 Å². The van der Waals surface area contributed by atoms with E-state index in [0.717, 1.165) is 72.4 Å². The van der Waals surface area contributed by atoms with E-state index in [9.17, 15) is 0 Å². The van der Waals surface area contributed by atoms with E-state index in [1.807, 2.05) is 18.5 Å². The van der Waals surface area contributed by atoms with Gasteiger partial charge in [-0.05, 0) is 30.2 Å². The molecule has 182 valence electrons. The molecular weight excluding hydrogens is 456 g/mol. The number of nitrogens with one attached hydrogen (secondary N) is 1. The van der Waals surface area contributed by atoms with E-state index in [1.165, 1.54) is 5.56 Å². The summed E-state index contributed by atoms with van der Waals surface area (Å²) in [6, 6.07) is 11.0. The number of H-pyrrole nitrogens is 1. The molecule has 5 aromatic rings. The van der Waals surface area contributed by atoms with E-state index < -0.39 is 0 Å². The first kappa shape index (κ1) is 20.6. The first-order valence-electron chi connectivity index (χ1n) is 12.6. The Morgan fingerprint density at radius 1 is 1.08 bits per heavy atom. The van der Waals surface area contributed by atoms with Crippen molar-refractivity contribution in [3.63, 3.8) is 0 Å². The highest BCUT2D eigenvalue weighted by Crippen LogP contribution is 2.37. The molecule has 3 aliphatic heterocycles. The quantitative estimate of drug-likeness (QED) is 0.414. The number of nitrogens with zero attached hydrogens (tertiary/aromatic N) is 5. The molecule has 3 saturated heterocycles. The number of hydrogen-bond donors (Lipinski definition) is 1. The van der Waals surface area contributed by atoms with Gasteiger partial charge in [-0.1, -0.05) is 12.1 Å². The van der Waals surface area contributed by atoms with Crippen LogP contribution in [0.15, 0.2) is 47.1 Å². The number of furan rings is 1. The first-order valence-corrected chi connectivity index (χ1v) is 12.6. The summed E-state index contributed by atoms with van der Waals surface area (Å²) in [5, 5.41) is 2.03. The van der Waals surface area contributed by atoms with Crippen LogP contribution in [0.4, 0.5) is 5.82 Å². The van der Waals surface area contributed by atoms with Gasteiger partial charge in [0.05, 0.1) is 31.3 Å². The molecule has 1 N–H and O–H groups in total. The summed E-state index contributed by atoms with van der Waals surface area (Å²) in [5.74, 6) is 1.50. The minimum atomic E-state index is 0.379. The molecule has 1 aromatic carbocycles. The van der Waals surface area contributed by atoms with Gasteiger partial charge in [-0.15, -0.1) is 0 Å². The summed E-state index contributed by atoms with van der Waals surface area (Å²) in [6.07, 6.45) is 5.40. The van der Waals surface area contributed by atoms with E-state index >= 15 is 0 Å². The van der Waals surface area contributed by atoms with E-state index in [0.29, 0.717) is 42.5 Å². The van der Waals surface area contributed by atoms with Crippen LogP contribution in [0.3, 0.4) is 0 Å². The molecule has 2 atom stereocenters. The maximum Gasteiger partial charge on any atom is 0.229 e. The highest BCUT2D eigenvalue weighted by molar-refractivity contribution is 6.06. The van der Waals surface area contributed by atoms with Crippen molar-refractivity contribution in [3.05, 3.63) is 48.3 Å². The second-order valence-electron chi connectivity index (χ2n) is 9.97. The zero-order chi connectivity index (χ0) is 23.6. The fourth-order valence-corrected chi connectivity index (χ4v) is 5.94. The molecule has 2 bridgehead atoms. The number of ether oxygens (including phenoxy) is 2.